The third-order valence-corrected chi connectivity index (χ3v) is 13.7. The van der Waals surface area contributed by atoms with Crippen LogP contribution in [0.5, 0.6) is 0 Å². The first kappa shape index (κ1) is 60.3. The number of nitrogen functional groups attached to an aromatic ring is 1. The van der Waals surface area contributed by atoms with Crippen molar-refractivity contribution < 1.29 is 38.6 Å². The van der Waals surface area contributed by atoms with Crippen LogP contribution < -0.4 is 21.7 Å². The predicted octanol–water partition coefficient (Wildman–Crippen LogP) is 10.1. The summed E-state index contributed by atoms with van der Waals surface area (Å²) < 4.78 is 12.8. The van der Waals surface area contributed by atoms with Crippen LogP contribution in [0.25, 0.3) is 0 Å². The highest BCUT2D eigenvalue weighted by Gasteiger charge is 2.58. The highest BCUT2D eigenvalue weighted by Crippen LogP contribution is 2.49. The van der Waals surface area contributed by atoms with Crippen molar-refractivity contribution in [3.05, 3.63) is 79.1 Å². The topological polar surface area (TPSA) is 235 Å². The Balaban J connectivity index is 0.000000205. The number of rotatable bonds is 6. The Bertz CT molecular complexity index is 2410. The van der Waals surface area contributed by atoms with Gasteiger partial charge in [0.1, 0.15) is 59.7 Å². The van der Waals surface area contributed by atoms with Crippen LogP contribution in [0.4, 0.5) is 27.0 Å². The molecule has 0 bridgehead atoms. The standard InChI is InChI=1S/C16H20BrN3O3.C11H12BrN3O.C11H17NO4.C6H12ClN.C5H5BrN2.ClH/c1-16(2,3)23-15(22)20-10-7-9(10)8-11(20)14(21)19-13-6-4-5-12(17)18-13;12-9-2-1-3-10(14-9)15-11(16)8-5-6-4-7(6)13-8;1-11(2,3)16-10(15)12-7-4-6(7)5-8(12)9(13)14;1-5(2)6(7)8(3)4;6-4-2-1-3-5(7)8-4;/h4-6,9-11H,7-8H2,1-3H3,(H,18,19,21);1-3,6-8,13H,4-5H2,(H,14,15,16);6-8H,4-5H2,1-3H3,(H,13,14);1-4H3;1-3H,(H2,7,8);1H/t9-,10-,11+;2*6-,7-,8+;;;/m111.../s1. The number of piperidine rings is 3. The van der Waals surface area contributed by atoms with E-state index in [1.54, 1.807) is 56.0 Å². The van der Waals surface area contributed by atoms with Crippen molar-refractivity contribution in [2.24, 2.45) is 17.8 Å². The van der Waals surface area contributed by atoms with Gasteiger partial charge in [-0.15, -0.1) is 12.4 Å². The summed E-state index contributed by atoms with van der Waals surface area (Å²) in [6.07, 6.45) is 4.42. The lowest BCUT2D eigenvalue weighted by Gasteiger charge is -2.29. The van der Waals surface area contributed by atoms with Gasteiger partial charge in [-0.05, 0) is 201 Å². The number of nitrogens with one attached hydrogen (secondary N) is 3. The monoisotopic (exact) mass is 1230 g/mol. The van der Waals surface area contributed by atoms with Crippen molar-refractivity contribution in [3.8, 4) is 0 Å². The van der Waals surface area contributed by atoms with E-state index in [-0.39, 0.29) is 42.3 Å². The van der Waals surface area contributed by atoms with E-state index in [1.807, 2.05) is 77.9 Å². The van der Waals surface area contributed by atoms with E-state index in [9.17, 15) is 24.0 Å². The molecule has 3 aromatic rings. The minimum absolute atomic E-state index is 0. The van der Waals surface area contributed by atoms with Crippen LogP contribution in [-0.4, -0.2) is 126 Å². The number of nitrogens with two attached hydrogens (primary N) is 1. The van der Waals surface area contributed by atoms with E-state index < -0.39 is 41.4 Å². The summed E-state index contributed by atoms with van der Waals surface area (Å²) >= 11 is 15.5. The highest BCUT2D eigenvalue weighted by atomic mass is 79.9. The lowest BCUT2D eigenvalue weighted by molar-refractivity contribution is -0.142. The smallest absolute Gasteiger partial charge is 0.411 e. The Labute approximate surface area is 458 Å². The molecule has 18 nitrogen and oxygen atoms in total. The summed E-state index contributed by atoms with van der Waals surface area (Å²) in [5.74, 6) is 1.99. The van der Waals surface area contributed by atoms with Crippen molar-refractivity contribution in [2.45, 2.75) is 141 Å². The van der Waals surface area contributed by atoms with Gasteiger partial charge in [-0.25, -0.2) is 29.3 Å². The zero-order chi connectivity index (χ0) is 52.7. The number of nitrogens with zero attached hydrogens (tertiary/aromatic N) is 6. The van der Waals surface area contributed by atoms with Crippen LogP contribution in [0, 0.1) is 17.8 Å². The maximum absolute atomic E-state index is 12.6. The number of carboxylic acids is 1. The van der Waals surface area contributed by atoms with E-state index in [2.05, 4.69) is 78.7 Å². The average Bonchev–Trinajstić information content (AvgIpc) is 4.22. The number of aliphatic carboxylic acids is 1. The van der Waals surface area contributed by atoms with Gasteiger partial charge in [0.2, 0.25) is 11.8 Å². The van der Waals surface area contributed by atoms with Gasteiger partial charge in [0, 0.05) is 32.2 Å². The Kier molecular flexibility index (Phi) is 21.6. The number of hydrogen-bond acceptors (Lipinski definition) is 13. The maximum Gasteiger partial charge on any atom is 0.411 e. The van der Waals surface area contributed by atoms with E-state index >= 15 is 0 Å². The summed E-state index contributed by atoms with van der Waals surface area (Å²) in [7, 11) is 3.85. The first-order chi connectivity index (χ1) is 33.1. The summed E-state index contributed by atoms with van der Waals surface area (Å²) in [6.45, 7) is 14.8. The maximum atomic E-state index is 12.6. The minimum Gasteiger partial charge on any atom is -0.480 e. The number of carbonyl (C=O) groups is 5. The number of allylic oxidation sites excluding steroid dienone is 1. The van der Waals surface area contributed by atoms with Crippen molar-refractivity contribution in [1.29, 1.82) is 0 Å². The van der Waals surface area contributed by atoms with E-state index in [0.29, 0.717) is 52.8 Å². The fourth-order valence-corrected chi connectivity index (χ4v) is 9.34. The van der Waals surface area contributed by atoms with E-state index in [1.165, 1.54) is 11.3 Å². The van der Waals surface area contributed by atoms with Crippen LogP contribution in [-0.2, 0) is 23.9 Å². The molecule has 3 aliphatic carbocycles. The minimum atomic E-state index is -0.932. The number of pyridine rings is 3. The molecule has 6 aliphatic rings. The van der Waals surface area contributed by atoms with Gasteiger partial charge in [0.05, 0.1) is 6.04 Å². The van der Waals surface area contributed by atoms with Crippen LogP contribution in [0.15, 0.2) is 79.1 Å². The summed E-state index contributed by atoms with van der Waals surface area (Å²) in [5, 5.41) is 18.8. The number of fused-ring (bicyclic) bond motifs is 3. The van der Waals surface area contributed by atoms with E-state index in [4.69, 9.17) is 31.9 Å². The number of halogens is 5. The molecule has 23 heteroatoms. The molecule has 3 aromatic heterocycles. The molecule has 3 aliphatic heterocycles. The summed E-state index contributed by atoms with van der Waals surface area (Å²) in [6, 6.07) is 15.8. The number of aromatic nitrogens is 3. The molecular weight excluding hydrogens is 1170 g/mol. The number of ether oxygens (including phenoxy) is 2. The van der Waals surface area contributed by atoms with Gasteiger partial charge in [0.15, 0.2) is 0 Å². The second-order valence-corrected chi connectivity index (χ2v) is 23.3. The molecule has 9 rings (SSSR count). The predicted molar refractivity (Wildman–Crippen MR) is 290 cm³/mol. The summed E-state index contributed by atoms with van der Waals surface area (Å²) in [4.78, 5) is 76.8. The largest absolute Gasteiger partial charge is 0.480 e. The third-order valence-electron chi connectivity index (χ3n) is 11.7. The first-order valence-corrected chi connectivity index (χ1v) is 26.1. The quantitative estimate of drug-likeness (QED) is 0.114. The molecule has 6 N–H and O–H groups in total. The van der Waals surface area contributed by atoms with Crippen LogP contribution in [0.3, 0.4) is 0 Å². The van der Waals surface area contributed by atoms with Crippen molar-refractivity contribution in [2.75, 3.05) is 30.5 Å². The molecule has 9 atom stereocenters. The number of anilines is 3. The third kappa shape index (κ3) is 18.6. The van der Waals surface area contributed by atoms with Crippen LogP contribution in [0.2, 0.25) is 0 Å². The van der Waals surface area contributed by atoms with Gasteiger partial charge >= 0.3 is 18.2 Å². The fraction of sp³-hybridized carbons (Fsp3) is 0.551. The Morgan fingerprint density at radius 2 is 1.14 bits per heavy atom. The molecule has 3 saturated heterocycles. The SMILES string of the molecule is CC(C)(C)OC(=O)N1[C@@H]2C[C@@H]2C[C@H]1C(=O)Nc1cccc(Br)n1.CC(C)(C)OC(=O)N1[C@@H]2C[C@@H]2C[C@H]1C(=O)O.CC(C)=C(Cl)N(C)C.Cl.Nc1cccc(Br)n1.O=C(Nc1cccc(Br)n1)[C@@H]1C[C@H]2C[C@H]2N1. The lowest BCUT2D eigenvalue weighted by Crippen LogP contribution is -2.47. The zero-order valence-electron chi connectivity index (χ0n) is 42.1. The van der Waals surface area contributed by atoms with Gasteiger partial charge in [-0.2, -0.15) is 0 Å². The van der Waals surface area contributed by atoms with Crippen LogP contribution >= 0.6 is 71.8 Å². The van der Waals surface area contributed by atoms with Gasteiger partial charge < -0.3 is 41.2 Å². The Morgan fingerprint density at radius 1 is 0.694 bits per heavy atom. The second-order valence-electron chi connectivity index (χ2n) is 20.5. The molecule has 0 aromatic carbocycles. The molecule has 0 radical (unpaired) electrons. The molecule has 4 amide bonds. The number of amides is 4. The number of carboxylic acid groups (broad SMARTS) is 1. The molecule has 3 saturated carbocycles. The molecule has 396 valence electrons. The number of hydrogen-bond donors (Lipinski definition) is 5. The number of carbonyl (C=O) groups excluding carboxylic acids is 4. The highest BCUT2D eigenvalue weighted by molar-refractivity contribution is 9.11. The molecule has 0 spiro atoms. The normalized spacial score (nSPS) is 24.2. The van der Waals surface area contributed by atoms with Gasteiger partial charge in [0.25, 0.3) is 0 Å². The molecule has 0 unspecified atom stereocenters. The Hall–Kier alpha value is -4.28. The van der Waals surface area contributed by atoms with Gasteiger partial charge in [-0.1, -0.05) is 29.8 Å². The summed E-state index contributed by atoms with van der Waals surface area (Å²) in [5.41, 5.74) is 5.32. The zero-order valence-corrected chi connectivity index (χ0v) is 48.5. The lowest BCUT2D eigenvalue weighted by atomic mass is 10.1. The van der Waals surface area contributed by atoms with Crippen molar-refractivity contribution in [3.63, 3.8) is 0 Å². The number of likely N-dealkylation sites (tertiary alicyclic amines) is 2. The Morgan fingerprint density at radius 3 is 1.50 bits per heavy atom. The first-order valence-electron chi connectivity index (χ1n) is 23.4. The fourth-order valence-electron chi connectivity index (χ4n) is 8.30. The van der Waals surface area contributed by atoms with Gasteiger partial charge in [-0.3, -0.25) is 19.4 Å². The molecule has 72 heavy (non-hydrogen) atoms. The average molecular weight is 1230 g/mol. The molecular formula is C49H67Br3Cl2N10O8. The van der Waals surface area contributed by atoms with E-state index in [0.717, 1.165) is 45.1 Å². The molecule has 6 heterocycles. The van der Waals surface area contributed by atoms with Crippen LogP contribution in [0.1, 0.15) is 93.9 Å². The second kappa shape index (κ2) is 25.8. The van der Waals surface area contributed by atoms with Crippen molar-refractivity contribution in [1.82, 2.24) is 35.0 Å². The molecule has 6 fully saturated rings. The van der Waals surface area contributed by atoms with Crippen molar-refractivity contribution >= 4 is 119 Å².